The maximum Gasteiger partial charge on any atom is 0.416 e. The van der Waals surface area contributed by atoms with Crippen LogP contribution in [0.3, 0.4) is 0 Å². The highest BCUT2D eigenvalue weighted by molar-refractivity contribution is 8.00. The molecule has 6 nitrogen and oxygen atoms in total. The third kappa shape index (κ3) is 4.59. The van der Waals surface area contributed by atoms with Crippen molar-refractivity contribution in [2.45, 2.75) is 30.4 Å². The Labute approximate surface area is 185 Å². The molecule has 164 valence electrons. The second-order valence-electron chi connectivity index (χ2n) is 7.13. The van der Waals surface area contributed by atoms with Crippen LogP contribution in [0.1, 0.15) is 27.8 Å². The maximum absolute atomic E-state index is 13.2. The summed E-state index contributed by atoms with van der Waals surface area (Å²) >= 11 is 1.15. The van der Waals surface area contributed by atoms with Crippen molar-refractivity contribution >= 4 is 29.1 Å². The Hall–Kier alpha value is -3.40. The van der Waals surface area contributed by atoms with Gasteiger partial charge in [-0.05, 0) is 43.7 Å². The summed E-state index contributed by atoms with van der Waals surface area (Å²) in [5.41, 5.74) is 1.55. The van der Waals surface area contributed by atoms with Crippen LogP contribution in [0.4, 0.5) is 18.9 Å². The highest BCUT2D eigenvalue weighted by Crippen LogP contribution is 2.36. The lowest BCUT2D eigenvalue weighted by atomic mass is 10.1. The van der Waals surface area contributed by atoms with E-state index in [2.05, 4.69) is 20.5 Å². The van der Waals surface area contributed by atoms with Crippen molar-refractivity contribution in [3.8, 4) is 0 Å². The summed E-state index contributed by atoms with van der Waals surface area (Å²) in [5.74, 6) is -0.0647. The summed E-state index contributed by atoms with van der Waals surface area (Å²) in [6.45, 7) is 3.74. The van der Waals surface area contributed by atoms with E-state index in [9.17, 15) is 18.0 Å². The summed E-state index contributed by atoms with van der Waals surface area (Å²) in [6, 6.07) is 15.4. The molecule has 0 bridgehead atoms. The molecule has 1 atom stereocenters. The van der Waals surface area contributed by atoms with E-state index >= 15 is 0 Å². The van der Waals surface area contributed by atoms with E-state index in [1.807, 2.05) is 26.0 Å². The summed E-state index contributed by atoms with van der Waals surface area (Å²) in [6.07, 6.45) is -4.50. The number of aromatic nitrogens is 4. The van der Waals surface area contributed by atoms with Gasteiger partial charge in [0, 0.05) is 17.1 Å². The Morgan fingerprint density at radius 2 is 1.78 bits per heavy atom. The van der Waals surface area contributed by atoms with Crippen molar-refractivity contribution < 1.29 is 18.0 Å². The zero-order valence-electron chi connectivity index (χ0n) is 17.1. The Kier molecular flexibility index (Phi) is 5.88. The highest BCUT2D eigenvalue weighted by atomic mass is 32.2. The minimum absolute atomic E-state index is 0.0610. The number of anilines is 1. The first-order chi connectivity index (χ1) is 15.2. The first-order valence-electron chi connectivity index (χ1n) is 9.61. The Morgan fingerprint density at radius 3 is 2.50 bits per heavy atom. The van der Waals surface area contributed by atoms with Gasteiger partial charge in [-0.15, -0.1) is 10.2 Å². The second-order valence-corrected chi connectivity index (χ2v) is 8.21. The van der Waals surface area contributed by atoms with E-state index in [-0.39, 0.29) is 5.69 Å². The molecule has 2 aromatic heterocycles. The molecule has 1 amide bonds. The van der Waals surface area contributed by atoms with Crippen molar-refractivity contribution in [1.29, 1.82) is 0 Å². The van der Waals surface area contributed by atoms with Crippen LogP contribution in [0.15, 0.2) is 65.8 Å². The molecular formula is C22H18F3N5OS. The van der Waals surface area contributed by atoms with Gasteiger partial charge in [0.15, 0.2) is 5.16 Å². The number of aryl methyl sites for hydroxylation is 2. The number of nitrogens with one attached hydrogen (secondary N) is 1. The average Bonchev–Trinajstić information content (AvgIpc) is 3.15. The summed E-state index contributed by atoms with van der Waals surface area (Å²) in [4.78, 5) is 17.5. The molecule has 0 aliphatic heterocycles. The number of halogens is 3. The first kappa shape index (κ1) is 21.8. The number of nitrogens with zero attached hydrogens (tertiary/aromatic N) is 4. The lowest BCUT2D eigenvalue weighted by Gasteiger charge is -2.17. The minimum atomic E-state index is -4.50. The molecule has 4 rings (SSSR count). The third-order valence-corrected chi connectivity index (χ3v) is 5.88. The van der Waals surface area contributed by atoms with Crippen LogP contribution < -0.4 is 5.32 Å². The number of hydrogen-bond donors (Lipinski definition) is 1. The van der Waals surface area contributed by atoms with Crippen LogP contribution in [-0.2, 0) is 11.0 Å². The molecule has 0 aliphatic carbocycles. The smallest absolute Gasteiger partial charge is 0.325 e. The molecule has 10 heteroatoms. The molecule has 4 aromatic rings. The normalized spacial score (nSPS) is 12.7. The van der Waals surface area contributed by atoms with E-state index in [0.717, 1.165) is 35.3 Å². The van der Waals surface area contributed by atoms with Crippen LogP contribution in [-0.4, -0.2) is 25.5 Å². The van der Waals surface area contributed by atoms with Gasteiger partial charge in [0.05, 0.1) is 5.56 Å². The fraction of sp³-hybridized carbons (Fsp3) is 0.182. The van der Waals surface area contributed by atoms with Crippen LogP contribution in [0.2, 0.25) is 0 Å². The minimum Gasteiger partial charge on any atom is -0.325 e. The monoisotopic (exact) mass is 457 g/mol. The van der Waals surface area contributed by atoms with Crippen molar-refractivity contribution in [2.75, 3.05) is 5.32 Å². The predicted molar refractivity (Wildman–Crippen MR) is 115 cm³/mol. The van der Waals surface area contributed by atoms with Crippen LogP contribution in [0.25, 0.3) is 5.78 Å². The molecule has 32 heavy (non-hydrogen) atoms. The van der Waals surface area contributed by atoms with Gasteiger partial charge in [-0.25, -0.2) is 4.98 Å². The van der Waals surface area contributed by atoms with E-state index in [4.69, 9.17) is 0 Å². The number of thioether (sulfide) groups is 1. The SMILES string of the molecule is Cc1cc(C)n2c(S[C@@H](C(=O)Nc3cccc(C(F)(F)F)c3)c3ccccc3)nnc2n1. The van der Waals surface area contributed by atoms with Gasteiger partial charge < -0.3 is 5.32 Å². The van der Waals surface area contributed by atoms with Crippen molar-refractivity contribution in [3.63, 3.8) is 0 Å². The number of carbonyl (C=O) groups excluding carboxylic acids is 1. The first-order valence-corrected chi connectivity index (χ1v) is 10.5. The standard InChI is InChI=1S/C22H18F3N5OS/c1-13-11-14(2)30-20(26-13)28-29-21(30)32-18(15-7-4-3-5-8-15)19(31)27-17-10-6-9-16(12-17)22(23,24)25/h3-12,18H,1-2H3,(H,27,31)/t18-/m1/s1. The van der Waals surface area contributed by atoms with E-state index in [1.165, 1.54) is 12.1 Å². The molecule has 0 spiro atoms. The van der Waals surface area contributed by atoms with E-state index in [1.54, 1.807) is 28.7 Å². The largest absolute Gasteiger partial charge is 0.416 e. The van der Waals surface area contributed by atoms with Crippen LogP contribution in [0.5, 0.6) is 0 Å². The van der Waals surface area contributed by atoms with Gasteiger partial charge in [0.1, 0.15) is 5.25 Å². The van der Waals surface area contributed by atoms with Gasteiger partial charge in [0.2, 0.25) is 5.91 Å². The van der Waals surface area contributed by atoms with Gasteiger partial charge in [-0.1, -0.05) is 48.2 Å². The molecule has 0 aliphatic rings. The zero-order valence-corrected chi connectivity index (χ0v) is 17.9. The number of benzene rings is 2. The predicted octanol–water partition coefficient (Wildman–Crippen LogP) is 5.23. The number of fused-ring (bicyclic) bond motifs is 1. The highest BCUT2D eigenvalue weighted by Gasteiger charge is 2.31. The molecule has 1 N–H and O–H groups in total. The van der Waals surface area contributed by atoms with E-state index < -0.39 is 22.9 Å². The molecule has 0 fully saturated rings. The van der Waals surface area contributed by atoms with Crippen LogP contribution >= 0.6 is 11.8 Å². The summed E-state index contributed by atoms with van der Waals surface area (Å²) in [5, 5.41) is 10.6. The fourth-order valence-corrected chi connectivity index (χ4v) is 4.35. The summed E-state index contributed by atoms with van der Waals surface area (Å²) in [7, 11) is 0. The summed E-state index contributed by atoms with van der Waals surface area (Å²) < 4.78 is 40.9. The van der Waals surface area contributed by atoms with Crippen LogP contribution in [0, 0.1) is 13.8 Å². The Bertz CT molecular complexity index is 1270. The van der Waals surface area contributed by atoms with Crippen molar-refractivity contribution in [1.82, 2.24) is 19.6 Å². The number of alkyl halides is 3. The number of rotatable bonds is 5. The fourth-order valence-electron chi connectivity index (χ4n) is 3.26. The van der Waals surface area contributed by atoms with Crippen molar-refractivity contribution in [2.24, 2.45) is 0 Å². The quantitative estimate of drug-likeness (QED) is 0.416. The molecule has 0 unspecified atom stereocenters. The lowest BCUT2D eigenvalue weighted by Crippen LogP contribution is -2.20. The second kappa shape index (κ2) is 8.62. The van der Waals surface area contributed by atoms with Gasteiger partial charge in [0.25, 0.3) is 5.78 Å². The Morgan fingerprint density at radius 1 is 1.03 bits per heavy atom. The number of carbonyl (C=O) groups is 1. The molecule has 2 aromatic carbocycles. The molecule has 0 saturated heterocycles. The molecule has 0 saturated carbocycles. The average molecular weight is 457 g/mol. The third-order valence-electron chi connectivity index (χ3n) is 4.68. The zero-order chi connectivity index (χ0) is 22.9. The Balaban J connectivity index is 1.68. The molecule has 0 radical (unpaired) electrons. The lowest BCUT2D eigenvalue weighted by molar-refractivity contribution is -0.137. The van der Waals surface area contributed by atoms with Gasteiger partial charge in [-0.3, -0.25) is 9.20 Å². The van der Waals surface area contributed by atoms with E-state index in [0.29, 0.717) is 16.5 Å². The topological polar surface area (TPSA) is 72.2 Å². The number of amides is 1. The number of hydrogen-bond acceptors (Lipinski definition) is 5. The van der Waals surface area contributed by atoms with Crippen molar-refractivity contribution in [3.05, 3.63) is 83.2 Å². The van der Waals surface area contributed by atoms with Gasteiger partial charge in [-0.2, -0.15) is 13.2 Å². The van der Waals surface area contributed by atoms with Gasteiger partial charge >= 0.3 is 6.18 Å². The molecular weight excluding hydrogens is 439 g/mol. The maximum atomic E-state index is 13.2. The molecule has 2 heterocycles.